The first-order valence-electron chi connectivity index (χ1n) is 9.46. The molecule has 2 fully saturated rings. The second-order valence-corrected chi connectivity index (χ2v) is 7.75. The summed E-state index contributed by atoms with van der Waals surface area (Å²) in [6.07, 6.45) is 13.8. The van der Waals surface area contributed by atoms with Crippen molar-refractivity contribution in [3.63, 3.8) is 0 Å². The average molecular weight is 336 g/mol. The van der Waals surface area contributed by atoms with E-state index in [-0.39, 0.29) is 0 Å². The van der Waals surface area contributed by atoms with E-state index in [1.807, 2.05) is 18.8 Å². The maximum Gasteiger partial charge on any atom is 0.0995 e. The van der Waals surface area contributed by atoms with Gasteiger partial charge in [0.2, 0.25) is 0 Å². The largest absolute Gasteiger partial charge is 0.472 e. The Morgan fingerprint density at radius 2 is 1.84 bits per heavy atom. The first-order valence-corrected chi connectivity index (χ1v) is 9.46. The van der Waals surface area contributed by atoms with Crippen molar-refractivity contribution in [2.45, 2.75) is 56.5 Å². The Kier molecular flexibility index (Phi) is 3.66. The number of aliphatic hydroxyl groups is 1. The van der Waals surface area contributed by atoms with Crippen molar-refractivity contribution in [1.82, 2.24) is 9.38 Å². The van der Waals surface area contributed by atoms with Crippen molar-refractivity contribution >= 4 is 5.52 Å². The van der Waals surface area contributed by atoms with Gasteiger partial charge in [0, 0.05) is 0 Å². The molecule has 1 atom stereocenters. The molecule has 2 aliphatic rings. The predicted octanol–water partition coefficient (Wildman–Crippen LogP) is 4.81. The molecule has 0 aromatic carbocycles. The Labute approximate surface area is 147 Å². The van der Waals surface area contributed by atoms with Crippen LogP contribution in [0.1, 0.15) is 73.3 Å². The van der Waals surface area contributed by atoms with Crippen LogP contribution in [0.25, 0.3) is 5.52 Å². The van der Waals surface area contributed by atoms with Gasteiger partial charge in [0.1, 0.15) is 0 Å². The Morgan fingerprint density at radius 3 is 2.56 bits per heavy atom. The minimum atomic E-state index is -0.404. The molecule has 4 nitrogen and oxygen atoms in total. The van der Waals surface area contributed by atoms with E-state index in [0.29, 0.717) is 17.8 Å². The zero-order chi connectivity index (χ0) is 16.8. The van der Waals surface area contributed by atoms with Crippen molar-refractivity contribution in [3.05, 3.63) is 60.1 Å². The van der Waals surface area contributed by atoms with Crippen molar-refractivity contribution < 1.29 is 9.52 Å². The van der Waals surface area contributed by atoms with Gasteiger partial charge in [0.15, 0.2) is 0 Å². The van der Waals surface area contributed by atoms with Crippen LogP contribution >= 0.6 is 0 Å². The summed E-state index contributed by atoms with van der Waals surface area (Å²) in [5.74, 6) is 1.53. The molecule has 0 amide bonds. The standard InChI is InChI=1S/C21H24N2O2/c24-21(16-5-1-14(2-6-16)17-9-10-25-12-17)20-19(15-3-4-15)8-7-18-11-22-13-23(18)20/h7-16,21,24H,1-6H2. The highest BCUT2D eigenvalue weighted by Crippen LogP contribution is 2.47. The molecule has 130 valence electrons. The third kappa shape index (κ3) is 2.69. The number of fused-ring (bicyclic) bond motifs is 1. The molecule has 0 aliphatic heterocycles. The topological polar surface area (TPSA) is 50.7 Å². The quantitative estimate of drug-likeness (QED) is 0.743. The van der Waals surface area contributed by atoms with Crippen LogP contribution in [-0.2, 0) is 0 Å². The smallest absolute Gasteiger partial charge is 0.0995 e. The molecule has 4 heteroatoms. The summed E-state index contributed by atoms with van der Waals surface area (Å²) in [4.78, 5) is 4.30. The van der Waals surface area contributed by atoms with Gasteiger partial charge in [-0.3, -0.25) is 0 Å². The van der Waals surface area contributed by atoms with E-state index in [0.717, 1.165) is 36.9 Å². The molecule has 0 spiro atoms. The molecule has 3 aromatic rings. The van der Waals surface area contributed by atoms with E-state index in [2.05, 4.69) is 27.6 Å². The van der Waals surface area contributed by atoms with Gasteiger partial charge < -0.3 is 13.9 Å². The summed E-state index contributed by atoms with van der Waals surface area (Å²) in [6.45, 7) is 0. The van der Waals surface area contributed by atoms with Crippen LogP contribution in [0.5, 0.6) is 0 Å². The highest BCUT2D eigenvalue weighted by Gasteiger charge is 2.34. The Balaban J connectivity index is 1.41. The number of rotatable bonds is 4. The molecular formula is C21H24N2O2. The lowest BCUT2D eigenvalue weighted by atomic mass is 9.76. The van der Waals surface area contributed by atoms with Crippen molar-refractivity contribution in [2.24, 2.45) is 5.92 Å². The Hall–Kier alpha value is -2.07. The average Bonchev–Trinajstić information content (AvgIpc) is 3.15. The fourth-order valence-corrected chi connectivity index (χ4v) is 4.58. The van der Waals surface area contributed by atoms with Crippen molar-refractivity contribution in [2.75, 3.05) is 0 Å². The zero-order valence-electron chi connectivity index (χ0n) is 14.3. The maximum absolute atomic E-state index is 11.3. The van der Waals surface area contributed by atoms with Crippen LogP contribution in [-0.4, -0.2) is 14.5 Å². The molecule has 0 saturated heterocycles. The molecule has 3 heterocycles. The SMILES string of the molecule is OC(c1c(C2CC2)ccc2cncn12)C1CCC(c2ccoc2)CC1. The van der Waals surface area contributed by atoms with Crippen LogP contribution in [0.3, 0.4) is 0 Å². The van der Waals surface area contributed by atoms with Crippen LogP contribution in [0.2, 0.25) is 0 Å². The molecule has 2 aliphatic carbocycles. The minimum Gasteiger partial charge on any atom is -0.472 e. The van der Waals surface area contributed by atoms with Crippen LogP contribution in [0, 0.1) is 5.92 Å². The number of furan rings is 1. The van der Waals surface area contributed by atoms with Gasteiger partial charge in [-0.15, -0.1) is 0 Å². The molecule has 1 unspecified atom stereocenters. The second kappa shape index (κ2) is 6.03. The van der Waals surface area contributed by atoms with E-state index in [9.17, 15) is 5.11 Å². The molecule has 0 radical (unpaired) electrons. The lowest BCUT2D eigenvalue weighted by Gasteiger charge is -2.32. The summed E-state index contributed by atoms with van der Waals surface area (Å²) in [5, 5.41) is 11.3. The Bertz CT molecular complexity index is 855. The van der Waals surface area contributed by atoms with E-state index >= 15 is 0 Å². The second-order valence-electron chi connectivity index (χ2n) is 7.75. The number of aliphatic hydroxyl groups excluding tert-OH is 1. The summed E-state index contributed by atoms with van der Waals surface area (Å²) < 4.78 is 7.35. The molecule has 1 N–H and O–H groups in total. The number of imidazole rings is 1. The summed E-state index contributed by atoms with van der Waals surface area (Å²) in [5.41, 5.74) is 4.80. The minimum absolute atomic E-state index is 0.327. The van der Waals surface area contributed by atoms with E-state index in [1.54, 1.807) is 6.26 Å². The first-order chi connectivity index (χ1) is 12.3. The number of pyridine rings is 1. The van der Waals surface area contributed by atoms with Gasteiger partial charge in [-0.25, -0.2) is 4.98 Å². The lowest BCUT2D eigenvalue weighted by molar-refractivity contribution is 0.0754. The molecular weight excluding hydrogens is 312 g/mol. The van der Waals surface area contributed by atoms with Crippen molar-refractivity contribution in [3.8, 4) is 0 Å². The molecule has 2 saturated carbocycles. The number of aromatic nitrogens is 2. The summed E-state index contributed by atoms with van der Waals surface area (Å²) >= 11 is 0. The number of hydrogen-bond donors (Lipinski definition) is 1. The van der Waals surface area contributed by atoms with Crippen LogP contribution in [0.15, 0.2) is 47.7 Å². The van der Waals surface area contributed by atoms with Crippen LogP contribution < -0.4 is 0 Å². The van der Waals surface area contributed by atoms with Gasteiger partial charge in [-0.05, 0) is 79.5 Å². The molecule has 3 aromatic heterocycles. The van der Waals surface area contributed by atoms with Gasteiger partial charge in [0.25, 0.3) is 0 Å². The van der Waals surface area contributed by atoms with Crippen LogP contribution in [0.4, 0.5) is 0 Å². The number of nitrogens with zero attached hydrogens (tertiary/aromatic N) is 2. The fraction of sp³-hybridized carbons (Fsp3) is 0.476. The van der Waals surface area contributed by atoms with E-state index < -0.39 is 6.10 Å². The van der Waals surface area contributed by atoms with Gasteiger partial charge in [-0.2, -0.15) is 0 Å². The monoisotopic (exact) mass is 336 g/mol. The first kappa shape index (κ1) is 15.2. The predicted molar refractivity (Wildman–Crippen MR) is 95.5 cm³/mol. The summed E-state index contributed by atoms with van der Waals surface area (Å²) in [6, 6.07) is 6.43. The van der Waals surface area contributed by atoms with Gasteiger partial charge in [0.05, 0.1) is 42.4 Å². The van der Waals surface area contributed by atoms with Gasteiger partial charge >= 0.3 is 0 Å². The third-order valence-corrected chi connectivity index (χ3v) is 6.19. The highest BCUT2D eigenvalue weighted by atomic mass is 16.3. The lowest BCUT2D eigenvalue weighted by Crippen LogP contribution is -2.22. The Morgan fingerprint density at radius 1 is 1.04 bits per heavy atom. The summed E-state index contributed by atoms with van der Waals surface area (Å²) in [7, 11) is 0. The highest BCUT2D eigenvalue weighted by molar-refractivity contribution is 5.50. The fourth-order valence-electron chi connectivity index (χ4n) is 4.58. The van der Waals surface area contributed by atoms with Gasteiger partial charge in [-0.1, -0.05) is 6.07 Å². The normalized spacial score (nSPS) is 25.3. The third-order valence-electron chi connectivity index (χ3n) is 6.19. The van der Waals surface area contributed by atoms with E-state index in [1.165, 1.54) is 24.0 Å². The van der Waals surface area contributed by atoms with E-state index in [4.69, 9.17) is 4.42 Å². The zero-order valence-corrected chi connectivity index (χ0v) is 14.3. The number of hydrogen-bond acceptors (Lipinski definition) is 3. The molecule has 25 heavy (non-hydrogen) atoms. The molecule has 5 rings (SSSR count). The maximum atomic E-state index is 11.3. The van der Waals surface area contributed by atoms with Crippen molar-refractivity contribution in [1.29, 1.82) is 0 Å². The molecule has 0 bridgehead atoms.